The summed E-state index contributed by atoms with van der Waals surface area (Å²) in [6.07, 6.45) is 4.56. The third-order valence-corrected chi connectivity index (χ3v) is 6.00. The van der Waals surface area contributed by atoms with Gasteiger partial charge in [0.05, 0.1) is 6.42 Å². The number of hydrogen-bond acceptors (Lipinski definition) is 4. The molecule has 0 radical (unpaired) electrons. The number of primary amides is 1. The first kappa shape index (κ1) is 19.8. The van der Waals surface area contributed by atoms with Gasteiger partial charge in [0.2, 0.25) is 5.91 Å². The van der Waals surface area contributed by atoms with Gasteiger partial charge in [-0.1, -0.05) is 52.9 Å². The molecule has 0 bridgehead atoms. The number of carbonyl (C=O) groups is 1. The Morgan fingerprint density at radius 2 is 1.83 bits per heavy atom. The fourth-order valence-corrected chi connectivity index (χ4v) is 4.14. The second kappa shape index (κ2) is 8.90. The van der Waals surface area contributed by atoms with Gasteiger partial charge < -0.3 is 11.1 Å². The van der Waals surface area contributed by atoms with Gasteiger partial charge in [-0.2, -0.15) is 0 Å². The third-order valence-electron chi connectivity index (χ3n) is 5.12. The molecule has 1 aliphatic carbocycles. The molecular weight excluding hydrogens is 475 g/mol. The Kier molecular flexibility index (Phi) is 6.08. The number of nitrogens with two attached hydrogens (primary N) is 1. The van der Waals surface area contributed by atoms with Crippen LogP contribution >= 0.6 is 22.6 Å². The molecule has 3 aromatic rings. The van der Waals surface area contributed by atoms with E-state index in [-0.39, 0.29) is 12.3 Å². The summed E-state index contributed by atoms with van der Waals surface area (Å²) in [6.45, 7) is 0. The first-order valence-corrected chi connectivity index (χ1v) is 11.3. The minimum atomic E-state index is -0.325. The van der Waals surface area contributed by atoms with E-state index in [4.69, 9.17) is 15.7 Å². The maximum atomic E-state index is 11.1. The number of halogens is 1. The van der Waals surface area contributed by atoms with E-state index in [1.165, 1.54) is 17.5 Å². The minimum Gasteiger partial charge on any atom is -0.369 e. The normalized spacial score (nSPS) is 13.0. The van der Waals surface area contributed by atoms with Gasteiger partial charge >= 0.3 is 0 Å². The van der Waals surface area contributed by atoms with Crippen LogP contribution in [0.5, 0.6) is 0 Å². The van der Waals surface area contributed by atoms with E-state index in [9.17, 15) is 4.79 Å². The van der Waals surface area contributed by atoms with Gasteiger partial charge in [0.15, 0.2) is 5.82 Å². The Bertz CT molecular complexity index is 1030. The fraction of sp³-hybridized carbons (Fsp3) is 0.261. The quantitative estimate of drug-likeness (QED) is 0.381. The summed E-state index contributed by atoms with van der Waals surface area (Å²) < 4.78 is 0.958. The van der Waals surface area contributed by atoms with Crippen molar-refractivity contribution in [2.45, 2.75) is 36.5 Å². The molecule has 3 N–H and O–H groups in total. The topological polar surface area (TPSA) is 80.9 Å². The largest absolute Gasteiger partial charge is 0.369 e. The Labute approximate surface area is 184 Å². The van der Waals surface area contributed by atoms with Crippen LogP contribution in [0.1, 0.15) is 35.2 Å². The molecule has 0 fully saturated rings. The molecule has 0 unspecified atom stereocenters. The average molecular weight is 498 g/mol. The summed E-state index contributed by atoms with van der Waals surface area (Å²) in [4.78, 5) is 20.9. The van der Waals surface area contributed by atoms with E-state index < -0.39 is 0 Å². The van der Waals surface area contributed by atoms with E-state index >= 15 is 0 Å². The number of alkyl halides is 1. The van der Waals surface area contributed by atoms with E-state index in [2.05, 4.69) is 52.2 Å². The number of aromatic nitrogens is 2. The molecule has 5 nitrogen and oxygen atoms in total. The SMILES string of the molecule is NC(=O)Cc1ccc(Nc2nc(-c3cccc(CI)c3)nc3c2CCCC3)cc1. The lowest BCUT2D eigenvalue weighted by atomic mass is 9.96. The van der Waals surface area contributed by atoms with Crippen LogP contribution in [0.25, 0.3) is 11.4 Å². The molecule has 4 rings (SSSR count). The van der Waals surface area contributed by atoms with Crippen molar-refractivity contribution in [3.63, 3.8) is 0 Å². The molecule has 1 amide bonds. The van der Waals surface area contributed by atoms with Crippen molar-refractivity contribution < 1.29 is 4.79 Å². The number of amides is 1. The van der Waals surface area contributed by atoms with Crippen LogP contribution in [0.15, 0.2) is 48.5 Å². The molecule has 1 aliphatic rings. The van der Waals surface area contributed by atoms with Gasteiger partial charge in [-0.3, -0.25) is 4.79 Å². The predicted octanol–water partition coefficient (Wildman–Crippen LogP) is 4.73. The molecule has 29 heavy (non-hydrogen) atoms. The molecule has 0 saturated carbocycles. The zero-order valence-corrected chi connectivity index (χ0v) is 18.3. The van der Waals surface area contributed by atoms with Gasteiger partial charge in [-0.25, -0.2) is 9.97 Å². The third kappa shape index (κ3) is 4.75. The summed E-state index contributed by atoms with van der Waals surface area (Å²) >= 11 is 2.37. The molecule has 0 spiro atoms. The van der Waals surface area contributed by atoms with E-state index in [1.807, 2.05) is 24.3 Å². The van der Waals surface area contributed by atoms with Crippen molar-refractivity contribution in [3.05, 3.63) is 70.9 Å². The second-order valence-electron chi connectivity index (χ2n) is 7.33. The van der Waals surface area contributed by atoms with Gasteiger partial charge in [-0.15, -0.1) is 0 Å². The van der Waals surface area contributed by atoms with Crippen molar-refractivity contribution >= 4 is 40.0 Å². The number of nitrogens with one attached hydrogen (secondary N) is 1. The van der Waals surface area contributed by atoms with E-state index in [1.54, 1.807) is 0 Å². The number of benzene rings is 2. The molecule has 6 heteroatoms. The highest BCUT2D eigenvalue weighted by molar-refractivity contribution is 14.1. The monoisotopic (exact) mass is 498 g/mol. The van der Waals surface area contributed by atoms with E-state index in [0.717, 1.165) is 57.8 Å². The number of nitrogens with zero attached hydrogens (tertiary/aromatic N) is 2. The number of rotatable bonds is 6. The smallest absolute Gasteiger partial charge is 0.221 e. The molecule has 1 aromatic heterocycles. The maximum absolute atomic E-state index is 11.1. The van der Waals surface area contributed by atoms with Crippen molar-refractivity contribution in [2.75, 3.05) is 5.32 Å². The van der Waals surface area contributed by atoms with Gasteiger partial charge in [0, 0.05) is 26.9 Å². The van der Waals surface area contributed by atoms with Crippen LogP contribution in [0.3, 0.4) is 0 Å². The van der Waals surface area contributed by atoms with Crippen LogP contribution in [-0.2, 0) is 28.5 Å². The number of anilines is 2. The fourth-order valence-electron chi connectivity index (χ4n) is 3.66. The van der Waals surface area contributed by atoms with Crippen LogP contribution in [-0.4, -0.2) is 15.9 Å². The number of aryl methyl sites for hydroxylation is 1. The highest BCUT2D eigenvalue weighted by Crippen LogP contribution is 2.30. The molecule has 0 atom stereocenters. The maximum Gasteiger partial charge on any atom is 0.221 e. The van der Waals surface area contributed by atoms with Crippen LogP contribution < -0.4 is 11.1 Å². The summed E-state index contributed by atoms with van der Waals surface area (Å²) in [5, 5.41) is 3.48. The van der Waals surface area contributed by atoms with Crippen LogP contribution in [0, 0.1) is 0 Å². The zero-order chi connectivity index (χ0) is 20.2. The van der Waals surface area contributed by atoms with Gasteiger partial charge in [0.25, 0.3) is 0 Å². The molecule has 2 aromatic carbocycles. The summed E-state index contributed by atoms with van der Waals surface area (Å²) in [5.41, 5.74) is 11.8. The first-order valence-electron chi connectivity index (χ1n) is 9.81. The Balaban J connectivity index is 1.69. The zero-order valence-electron chi connectivity index (χ0n) is 16.1. The van der Waals surface area contributed by atoms with Crippen LogP contribution in [0.4, 0.5) is 11.5 Å². The Hall–Kier alpha value is -2.48. The average Bonchev–Trinajstić information content (AvgIpc) is 2.74. The molecule has 0 aliphatic heterocycles. The summed E-state index contributed by atoms with van der Waals surface area (Å²) in [5.74, 6) is 1.33. The van der Waals surface area contributed by atoms with Crippen molar-refractivity contribution in [1.29, 1.82) is 0 Å². The lowest BCUT2D eigenvalue weighted by Gasteiger charge is -2.20. The molecule has 148 valence electrons. The lowest BCUT2D eigenvalue weighted by Crippen LogP contribution is -2.13. The standard InChI is InChI=1S/C23H23IN4O/c24-14-16-4-3-5-17(12-16)22-27-20-7-2-1-6-19(20)23(28-22)26-18-10-8-15(9-11-18)13-21(25)29/h3-5,8-12H,1-2,6-7,13-14H2,(H2,25,29)(H,26,27,28). The molecule has 0 saturated heterocycles. The van der Waals surface area contributed by atoms with Crippen LogP contribution in [0.2, 0.25) is 0 Å². The predicted molar refractivity (Wildman–Crippen MR) is 124 cm³/mol. The van der Waals surface area contributed by atoms with E-state index in [0.29, 0.717) is 0 Å². The minimum absolute atomic E-state index is 0.250. The van der Waals surface area contributed by atoms with Gasteiger partial charge in [-0.05, 0) is 55.0 Å². The first-order chi connectivity index (χ1) is 14.1. The number of carbonyl (C=O) groups excluding carboxylic acids is 1. The Morgan fingerprint density at radius 1 is 1.03 bits per heavy atom. The van der Waals surface area contributed by atoms with Gasteiger partial charge in [0.1, 0.15) is 5.82 Å². The Morgan fingerprint density at radius 3 is 2.59 bits per heavy atom. The summed E-state index contributed by atoms with van der Waals surface area (Å²) in [6, 6.07) is 16.2. The van der Waals surface area contributed by atoms with Crippen molar-refractivity contribution in [2.24, 2.45) is 5.73 Å². The van der Waals surface area contributed by atoms with Crippen molar-refractivity contribution in [3.8, 4) is 11.4 Å². The molecule has 1 heterocycles. The summed E-state index contributed by atoms with van der Waals surface area (Å²) in [7, 11) is 0. The second-order valence-corrected chi connectivity index (χ2v) is 8.09. The molecular formula is C23H23IN4O. The lowest BCUT2D eigenvalue weighted by molar-refractivity contribution is -0.117. The number of fused-ring (bicyclic) bond motifs is 1. The number of hydrogen-bond donors (Lipinski definition) is 2. The highest BCUT2D eigenvalue weighted by Gasteiger charge is 2.19. The van der Waals surface area contributed by atoms with Crippen molar-refractivity contribution in [1.82, 2.24) is 9.97 Å². The highest BCUT2D eigenvalue weighted by atomic mass is 127.